The van der Waals surface area contributed by atoms with Crippen molar-refractivity contribution in [2.24, 2.45) is 5.10 Å². The van der Waals surface area contributed by atoms with E-state index in [-0.39, 0.29) is 6.10 Å². The van der Waals surface area contributed by atoms with Crippen LogP contribution < -0.4 is 10.6 Å². The highest BCUT2D eigenvalue weighted by Gasteiger charge is 2.24. The van der Waals surface area contributed by atoms with Crippen molar-refractivity contribution in [1.82, 2.24) is 15.5 Å². The highest BCUT2D eigenvalue weighted by atomic mass is 16.7. The summed E-state index contributed by atoms with van der Waals surface area (Å²) in [7, 11) is 0. The van der Waals surface area contributed by atoms with Gasteiger partial charge in [0.1, 0.15) is 5.10 Å². The summed E-state index contributed by atoms with van der Waals surface area (Å²) in [6, 6.07) is 0. The molecule has 0 aromatic rings. The van der Waals surface area contributed by atoms with Gasteiger partial charge in [-0.2, -0.15) is 0 Å². The molecule has 2 aliphatic heterocycles. The Labute approximate surface area is 92.8 Å². The molecule has 1 unspecified atom stereocenters. The van der Waals surface area contributed by atoms with E-state index in [0.717, 1.165) is 19.4 Å². The monoisotopic (exact) mass is 229 g/mol. The van der Waals surface area contributed by atoms with Crippen LogP contribution in [0.1, 0.15) is 12.8 Å². The third-order valence-electron chi connectivity index (χ3n) is 2.60. The van der Waals surface area contributed by atoms with Crippen LogP contribution in [0, 0.1) is 10.1 Å². The summed E-state index contributed by atoms with van der Waals surface area (Å²) in [4.78, 5) is 12.1. The Morgan fingerprint density at radius 1 is 1.69 bits per heavy atom. The van der Waals surface area contributed by atoms with E-state index in [1.54, 1.807) is 4.90 Å². The molecule has 0 bridgehead atoms. The van der Waals surface area contributed by atoms with Gasteiger partial charge in [0.05, 0.1) is 19.4 Å². The van der Waals surface area contributed by atoms with Gasteiger partial charge in [-0.15, -0.1) is 0 Å². The Hall–Kier alpha value is -1.41. The van der Waals surface area contributed by atoms with Gasteiger partial charge in [-0.25, -0.2) is 10.1 Å². The molecule has 2 heterocycles. The molecular formula is C8H15N5O3. The Balaban J connectivity index is 1.95. The van der Waals surface area contributed by atoms with Crippen LogP contribution in [0.3, 0.4) is 0 Å². The van der Waals surface area contributed by atoms with E-state index in [1.807, 2.05) is 0 Å². The van der Waals surface area contributed by atoms with Crippen molar-refractivity contribution in [3.8, 4) is 0 Å². The standard InChI is InChI=1S/C8H15N5O3/c14-13(15)11-8-10-5-9-6-12(8)4-7-2-1-3-16-7/h7,9H,1-6H2,(H,10,11). The number of hydrogen-bond donors (Lipinski definition) is 2. The molecule has 0 aromatic heterocycles. The lowest BCUT2D eigenvalue weighted by molar-refractivity contribution is -0.486. The van der Waals surface area contributed by atoms with E-state index in [2.05, 4.69) is 15.7 Å². The highest BCUT2D eigenvalue weighted by Crippen LogP contribution is 2.13. The van der Waals surface area contributed by atoms with Gasteiger partial charge in [-0.05, 0) is 12.8 Å². The third kappa shape index (κ3) is 2.80. The molecule has 0 saturated carbocycles. The number of guanidine groups is 1. The SMILES string of the molecule is O=[N+]([O-])/N=C1/NCNCN1CC1CCCO1. The van der Waals surface area contributed by atoms with E-state index in [4.69, 9.17) is 4.74 Å². The van der Waals surface area contributed by atoms with Crippen LogP contribution in [-0.4, -0.2) is 48.5 Å². The Kier molecular flexibility index (Phi) is 3.52. The second-order valence-electron chi connectivity index (χ2n) is 3.78. The fraction of sp³-hybridized carbons (Fsp3) is 0.875. The molecule has 16 heavy (non-hydrogen) atoms. The number of nitro groups is 1. The minimum absolute atomic E-state index is 0.152. The van der Waals surface area contributed by atoms with Crippen molar-refractivity contribution >= 4 is 5.96 Å². The van der Waals surface area contributed by atoms with Crippen LogP contribution in [0.15, 0.2) is 5.10 Å². The van der Waals surface area contributed by atoms with E-state index in [1.165, 1.54) is 0 Å². The molecule has 8 nitrogen and oxygen atoms in total. The molecular weight excluding hydrogens is 214 g/mol. The van der Waals surface area contributed by atoms with Crippen LogP contribution in [0.25, 0.3) is 0 Å². The normalized spacial score (nSPS) is 28.1. The predicted octanol–water partition coefficient (Wildman–Crippen LogP) is -0.877. The first-order chi connectivity index (χ1) is 7.75. The summed E-state index contributed by atoms with van der Waals surface area (Å²) in [5.41, 5.74) is 0. The van der Waals surface area contributed by atoms with Crippen molar-refractivity contribution in [3.63, 3.8) is 0 Å². The summed E-state index contributed by atoms with van der Waals surface area (Å²) < 4.78 is 5.49. The molecule has 0 amide bonds. The number of ether oxygens (including phenoxy) is 1. The summed E-state index contributed by atoms with van der Waals surface area (Å²) >= 11 is 0. The minimum Gasteiger partial charge on any atom is -0.376 e. The predicted molar refractivity (Wildman–Crippen MR) is 56.1 cm³/mol. The Morgan fingerprint density at radius 2 is 2.56 bits per heavy atom. The van der Waals surface area contributed by atoms with Crippen LogP contribution in [0.4, 0.5) is 0 Å². The van der Waals surface area contributed by atoms with Gasteiger partial charge >= 0.3 is 0 Å². The van der Waals surface area contributed by atoms with Gasteiger partial charge in [0.15, 0.2) is 5.03 Å². The molecule has 0 spiro atoms. The molecule has 0 aliphatic carbocycles. The second kappa shape index (κ2) is 5.08. The summed E-state index contributed by atoms with van der Waals surface area (Å²) in [6.07, 6.45) is 2.21. The first kappa shape index (κ1) is 11.1. The van der Waals surface area contributed by atoms with Crippen molar-refractivity contribution in [2.75, 3.05) is 26.5 Å². The summed E-state index contributed by atoms with van der Waals surface area (Å²) in [5.74, 6) is 0.305. The molecule has 90 valence electrons. The number of nitrogens with one attached hydrogen (secondary N) is 2. The van der Waals surface area contributed by atoms with Crippen LogP contribution in [0.2, 0.25) is 0 Å². The van der Waals surface area contributed by atoms with Crippen molar-refractivity contribution in [3.05, 3.63) is 10.1 Å². The molecule has 2 saturated heterocycles. The van der Waals surface area contributed by atoms with Gasteiger partial charge in [-0.3, -0.25) is 5.32 Å². The summed E-state index contributed by atoms with van der Waals surface area (Å²) in [6.45, 7) is 2.46. The lowest BCUT2D eigenvalue weighted by atomic mass is 10.2. The average Bonchev–Trinajstić information content (AvgIpc) is 2.73. The van der Waals surface area contributed by atoms with Gasteiger partial charge in [0.2, 0.25) is 0 Å². The molecule has 2 rings (SSSR count). The van der Waals surface area contributed by atoms with E-state index in [0.29, 0.717) is 25.8 Å². The van der Waals surface area contributed by atoms with E-state index in [9.17, 15) is 10.1 Å². The number of nitrogens with zero attached hydrogens (tertiary/aromatic N) is 3. The van der Waals surface area contributed by atoms with Crippen LogP contribution >= 0.6 is 0 Å². The zero-order chi connectivity index (χ0) is 11.4. The van der Waals surface area contributed by atoms with Gasteiger partial charge in [-0.1, -0.05) is 0 Å². The quantitative estimate of drug-likeness (QED) is 0.482. The maximum absolute atomic E-state index is 10.4. The number of rotatable bonds is 3. The Bertz CT molecular complexity index is 289. The fourth-order valence-electron chi connectivity index (χ4n) is 1.88. The lowest BCUT2D eigenvalue weighted by Crippen LogP contribution is -2.57. The first-order valence-corrected chi connectivity index (χ1v) is 5.30. The fourth-order valence-corrected chi connectivity index (χ4v) is 1.88. The largest absolute Gasteiger partial charge is 0.376 e. The summed E-state index contributed by atoms with van der Waals surface area (Å²) in [5, 5.41) is 18.9. The topological polar surface area (TPSA) is 92.0 Å². The van der Waals surface area contributed by atoms with Gasteiger partial charge < -0.3 is 15.0 Å². The molecule has 2 N–H and O–H groups in total. The number of hydrazone groups is 1. The van der Waals surface area contributed by atoms with Crippen molar-refractivity contribution in [2.45, 2.75) is 18.9 Å². The second-order valence-corrected chi connectivity index (χ2v) is 3.78. The van der Waals surface area contributed by atoms with E-state index >= 15 is 0 Å². The maximum atomic E-state index is 10.4. The van der Waals surface area contributed by atoms with Gasteiger partial charge in [0.25, 0.3) is 5.96 Å². The average molecular weight is 229 g/mol. The molecule has 2 fully saturated rings. The van der Waals surface area contributed by atoms with Gasteiger partial charge in [0, 0.05) is 13.2 Å². The highest BCUT2D eigenvalue weighted by molar-refractivity contribution is 5.79. The maximum Gasteiger partial charge on any atom is 0.273 e. The zero-order valence-electron chi connectivity index (χ0n) is 8.89. The van der Waals surface area contributed by atoms with Crippen molar-refractivity contribution in [1.29, 1.82) is 0 Å². The zero-order valence-corrected chi connectivity index (χ0v) is 8.89. The van der Waals surface area contributed by atoms with Crippen LogP contribution in [-0.2, 0) is 4.74 Å². The molecule has 0 aromatic carbocycles. The third-order valence-corrected chi connectivity index (χ3v) is 2.60. The van der Waals surface area contributed by atoms with E-state index < -0.39 is 5.03 Å². The number of hydrogen-bond acceptors (Lipinski definition) is 4. The van der Waals surface area contributed by atoms with Crippen LogP contribution in [0.5, 0.6) is 0 Å². The Morgan fingerprint density at radius 3 is 3.25 bits per heavy atom. The molecule has 2 aliphatic rings. The lowest BCUT2D eigenvalue weighted by Gasteiger charge is -2.31. The first-order valence-electron chi connectivity index (χ1n) is 5.30. The molecule has 1 atom stereocenters. The van der Waals surface area contributed by atoms with Crippen molar-refractivity contribution < 1.29 is 9.77 Å². The molecule has 0 radical (unpaired) electrons. The molecule has 8 heteroatoms. The minimum atomic E-state index is -0.684. The smallest absolute Gasteiger partial charge is 0.273 e.